The summed E-state index contributed by atoms with van der Waals surface area (Å²) in [4.78, 5) is 3.64. The van der Waals surface area contributed by atoms with Crippen molar-refractivity contribution < 1.29 is 4.74 Å². The van der Waals surface area contributed by atoms with E-state index in [1.165, 1.54) is 25.8 Å². The van der Waals surface area contributed by atoms with Crippen LogP contribution in [0, 0.1) is 13.8 Å². The number of ether oxygens (including phenoxy) is 1. The number of thioether (sulfide) groups is 2. The normalized spacial score (nSPS) is 11.4. The van der Waals surface area contributed by atoms with Crippen LogP contribution in [0.25, 0.3) is 0 Å². The van der Waals surface area contributed by atoms with Crippen molar-refractivity contribution >= 4 is 23.5 Å². The summed E-state index contributed by atoms with van der Waals surface area (Å²) in [5.74, 6) is 0.892. The first kappa shape index (κ1) is 18.7. The van der Waals surface area contributed by atoms with Crippen LogP contribution in [0.5, 0.6) is 5.75 Å². The van der Waals surface area contributed by atoms with Crippen molar-refractivity contribution in [2.75, 3.05) is 6.61 Å². The van der Waals surface area contributed by atoms with E-state index in [4.69, 9.17) is 4.74 Å². The maximum Gasteiger partial charge on any atom is 0.120 e. The summed E-state index contributed by atoms with van der Waals surface area (Å²) in [6, 6.07) is 27.2. The molecule has 0 atom stereocenters. The standard InChI is InChI=1S/C23H22OS2/c1-18-8-12-21(13-9-18)25-17-23(16-24-20-6-4-3-5-7-20)26-22-14-10-19(2)11-15-22/h3-15,17H,16H2,1-2H3/b23-17-. The molecule has 0 spiro atoms. The zero-order valence-corrected chi connectivity index (χ0v) is 16.6. The second kappa shape index (κ2) is 9.56. The minimum Gasteiger partial charge on any atom is -0.488 e. The lowest BCUT2D eigenvalue weighted by atomic mass is 10.2. The highest BCUT2D eigenvalue weighted by atomic mass is 32.2. The molecular formula is C23H22OS2. The van der Waals surface area contributed by atoms with E-state index in [1.807, 2.05) is 30.3 Å². The van der Waals surface area contributed by atoms with Gasteiger partial charge in [0, 0.05) is 14.7 Å². The predicted molar refractivity (Wildman–Crippen MR) is 114 cm³/mol. The molecule has 0 aliphatic heterocycles. The summed E-state index contributed by atoms with van der Waals surface area (Å²) < 4.78 is 5.97. The summed E-state index contributed by atoms with van der Waals surface area (Å²) in [5, 5.41) is 2.19. The molecule has 0 saturated heterocycles. The fourth-order valence-electron chi connectivity index (χ4n) is 2.27. The van der Waals surface area contributed by atoms with Gasteiger partial charge in [-0.1, -0.05) is 77.1 Å². The maximum absolute atomic E-state index is 5.97. The first-order chi connectivity index (χ1) is 12.7. The fourth-order valence-corrected chi connectivity index (χ4v) is 3.93. The fraction of sp³-hybridized carbons (Fsp3) is 0.130. The molecule has 0 radical (unpaired) electrons. The van der Waals surface area contributed by atoms with Gasteiger partial charge in [0.05, 0.1) is 0 Å². The molecule has 3 aromatic rings. The molecule has 0 aromatic heterocycles. The SMILES string of the molecule is Cc1ccc(S/C=C(/COc2ccccc2)Sc2ccc(C)cc2)cc1. The smallest absolute Gasteiger partial charge is 0.120 e. The van der Waals surface area contributed by atoms with Crippen molar-refractivity contribution in [3.05, 3.63) is 100 Å². The van der Waals surface area contributed by atoms with E-state index in [2.05, 4.69) is 67.8 Å². The van der Waals surface area contributed by atoms with E-state index < -0.39 is 0 Å². The van der Waals surface area contributed by atoms with Crippen molar-refractivity contribution in [2.24, 2.45) is 0 Å². The summed E-state index contributed by atoms with van der Waals surface area (Å²) >= 11 is 3.49. The number of benzene rings is 3. The molecule has 26 heavy (non-hydrogen) atoms. The Labute approximate surface area is 164 Å². The number of hydrogen-bond donors (Lipinski definition) is 0. The number of para-hydroxylation sites is 1. The average Bonchev–Trinajstić information content (AvgIpc) is 2.68. The van der Waals surface area contributed by atoms with Gasteiger partial charge in [-0.25, -0.2) is 0 Å². The van der Waals surface area contributed by atoms with Crippen LogP contribution in [0.4, 0.5) is 0 Å². The molecular weight excluding hydrogens is 356 g/mol. The second-order valence-electron chi connectivity index (χ2n) is 6.03. The van der Waals surface area contributed by atoms with Crippen LogP contribution in [-0.4, -0.2) is 6.61 Å². The van der Waals surface area contributed by atoms with E-state index in [-0.39, 0.29) is 0 Å². The van der Waals surface area contributed by atoms with Crippen LogP contribution < -0.4 is 4.74 Å². The van der Waals surface area contributed by atoms with Crippen LogP contribution in [0.15, 0.2) is 99.0 Å². The van der Waals surface area contributed by atoms with Gasteiger partial charge in [-0.05, 0) is 55.7 Å². The van der Waals surface area contributed by atoms with E-state index in [0.717, 1.165) is 5.75 Å². The van der Waals surface area contributed by atoms with Gasteiger partial charge in [-0.15, -0.1) is 0 Å². The Kier molecular flexibility index (Phi) is 6.87. The first-order valence-corrected chi connectivity index (χ1v) is 10.2. The first-order valence-electron chi connectivity index (χ1n) is 8.54. The zero-order chi connectivity index (χ0) is 18.2. The minimum atomic E-state index is 0.557. The van der Waals surface area contributed by atoms with Gasteiger partial charge in [0.1, 0.15) is 12.4 Å². The van der Waals surface area contributed by atoms with Crippen molar-refractivity contribution in [3.63, 3.8) is 0 Å². The topological polar surface area (TPSA) is 9.23 Å². The highest BCUT2D eigenvalue weighted by Gasteiger charge is 2.04. The largest absolute Gasteiger partial charge is 0.488 e. The van der Waals surface area contributed by atoms with E-state index >= 15 is 0 Å². The highest BCUT2D eigenvalue weighted by Crippen LogP contribution is 2.31. The maximum atomic E-state index is 5.97. The van der Waals surface area contributed by atoms with Crippen molar-refractivity contribution in [1.82, 2.24) is 0 Å². The van der Waals surface area contributed by atoms with E-state index in [1.54, 1.807) is 23.5 Å². The third-order valence-corrected chi connectivity index (χ3v) is 5.84. The number of rotatable bonds is 7. The highest BCUT2D eigenvalue weighted by molar-refractivity contribution is 8.06. The summed E-state index contributed by atoms with van der Waals surface area (Å²) in [5.41, 5.74) is 2.55. The summed E-state index contributed by atoms with van der Waals surface area (Å²) in [6.45, 7) is 4.77. The van der Waals surface area contributed by atoms with E-state index in [0.29, 0.717) is 6.61 Å². The Hall–Kier alpha value is -2.10. The lowest BCUT2D eigenvalue weighted by molar-refractivity contribution is 0.360. The zero-order valence-electron chi connectivity index (χ0n) is 15.0. The number of aryl methyl sites for hydroxylation is 2. The molecule has 0 aliphatic rings. The summed E-state index contributed by atoms with van der Waals surface area (Å²) in [7, 11) is 0. The molecule has 0 heterocycles. The van der Waals surface area contributed by atoms with Gasteiger partial charge in [0.2, 0.25) is 0 Å². The molecule has 0 aliphatic carbocycles. The van der Waals surface area contributed by atoms with Crippen LogP contribution in [0.3, 0.4) is 0 Å². The molecule has 3 aromatic carbocycles. The molecule has 0 fully saturated rings. The molecule has 132 valence electrons. The van der Waals surface area contributed by atoms with Gasteiger partial charge in [0.25, 0.3) is 0 Å². The molecule has 0 bridgehead atoms. The quantitative estimate of drug-likeness (QED) is 0.405. The van der Waals surface area contributed by atoms with Crippen molar-refractivity contribution in [2.45, 2.75) is 23.6 Å². The Morgan fingerprint density at radius 3 is 1.96 bits per heavy atom. The lowest BCUT2D eigenvalue weighted by Crippen LogP contribution is -1.98. The Morgan fingerprint density at radius 2 is 1.35 bits per heavy atom. The van der Waals surface area contributed by atoms with E-state index in [9.17, 15) is 0 Å². The van der Waals surface area contributed by atoms with Crippen molar-refractivity contribution in [1.29, 1.82) is 0 Å². The average molecular weight is 379 g/mol. The molecule has 0 saturated carbocycles. The van der Waals surface area contributed by atoms with Gasteiger partial charge < -0.3 is 4.74 Å². The Morgan fingerprint density at radius 1 is 0.769 bits per heavy atom. The molecule has 0 N–H and O–H groups in total. The summed E-state index contributed by atoms with van der Waals surface area (Å²) in [6.07, 6.45) is 0. The van der Waals surface area contributed by atoms with Crippen LogP contribution in [0.2, 0.25) is 0 Å². The van der Waals surface area contributed by atoms with Gasteiger partial charge in [0.15, 0.2) is 0 Å². The minimum absolute atomic E-state index is 0.557. The van der Waals surface area contributed by atoms with Gasteiger partial charge >= 0.3 is 0 Å². The third kappa shape index (κ3) is 6.01. The molecule has 3 heteroatoms. The third-order valence-electron chi connectivity index (χ3n) is 3.74. The second-order valence-corrected chi connectivity index (χ2v) is 8.17. The number of hydrogen-bond acceptors (Lipinski definition) is 3. The van der Waals surface area contributed by atoms with Gasteiger partial charge in [-0.2, -0.15) is 0 Å². The molecule has 1 nitrogen and oxygen atoms in total. The van der Waals surface area contributed by atoms with Gasteiger partial charge in [-0.3, -0.25) is 0 Å². The lowest BCUT2D eigenvalue weighted by Gasteiger charge is -2.10. The molecule has 0 amide bonds. The van der Waals surface area contributed by atoms with Crippen LogP contribution >= 0.6 is 23.5 Å². The molecule has 0 unspecified atom stereocenters. The predicted octanol–water partition coefficient (Wildman–Crippen LogP) is 7.11. The van der Waals surface area contributed by atoms with Crippen LogP contribution in [-0.2, 0) is 0 Å². The van der Waals surface area contributed by atoms with Crippen molar-refractivity contribution in [3.8, 4) is 5.75 Å². The van der Waals surface area contributed by atoms with Crippen LogP contribution in [0.1, 0.15) is 11.1 Å². The monoisotopic (exact) mass is 378 g/mol. The Balaban J connectivity index is 1.72. The Bertz CT molecular complexity index is 838. The molecule has 3 rings (SSSR count).